The molecule has 0 heterocycles. The van der Waals surface area contributed by atoms with Crippen LogP contribution in [0.2, 0.25) is 0 Å². The highest BCUT2D eigenvalue weighted by atomic mass is 127. The zero-order chi connectivity index (χ0) is 12.3. The third-order valence-electron chi connectivity index (χ3n) is 1.89. The van der Waals surface area contributed by atoms with Crippen LogP contribution in [0.25, 0.3) is 0 Å². The van der Waals surface area contributed by atoms with E-state index in [1.807, 2.05) is 0 Å². The summed E-state index contributed by atoms with van der Waals surface area (Å²) in [7, 11) is 1.18. The van der Waals surface area contributed by atoms with Crippen molar-refractivity contribution in [2.75, 3.05) is 7.11 Å². The normalized spacial score (nSPS) is 10.0. The van der Waals surface area contributed by atoms with E-state index in [2.05, 4.69) is 4.74 Å². The van der Waals surface area contributed by atoms with Gasteiger partial charge in [0.05, 0.1) is 24.3 Å². The topological polar surface area (TPSA) is 50.1 Å². The number of esters is 1. The Labute approximate surface area is 104 Å². The van der Waals surface area contributed by atoms with Gasteiger partial charge in [-0.3, -0.25) is 0 Å². The van der Waals surface area contributed by atoms with E-state index in [0.29, 0.717) is 0 Å². The van der Waals surface area contributed by atoms with Gasteiger partial charge in [-0.1, -0.05) is 0 Å². The van der Waals surface area contributed by atoms with Crippen molar-refractivity contribution in [3.63, 3.8) is 0 Å². The summed E-state index contributed by atoms with van der Waals surface area (Å²) in [6.07, 6.45) is -2.74. The number of methoxy groups -OCH3 is 1. The van der Waals surface area contributed by atoms with Crippen molar-refractivity contribution in [3.8, 4) is 6.07 Å². The van der Waals surface area contributed by atoms with Crippen molar-refractivity contribution in [1.82, 2.24) is 0 Å². The maximum absolute atomic E-state index is 12.6. The summed E-state index contributed by atoms with van der Waals surface area (Å²) in [6, 6.07) is 4.02. The Morgan fingerprint density at radius 3 is 2.62 bits per heavy atom. The van der Waals surface area contributed by atoms with E-state index in [9.17, 15) is 13.6 Å². The fourth-order valence-electron chi connectivity index (χ4n) is 1.17. The van der Waals surface area contributed by atoms with Gasteiger partial charge in [0.1, 0.15) is 0 Å². The minimum atomic E-state index is -2.74. The van der Waals surface area contributed by atoms with Gasteiger partial charge in [-0.2, -0.15) is 5.26 Å². The lowest BCUT2D eigenvalue weighted by molar-refractivity contribution is 0.0600. The summed E-state index contributed by atoms with van der Waals surface area (Å²) >= 11 is 1.66. The third kappa shape index (κ3) is 2.47. The average molecular weight is 337 g/mol. The van der Waals surface area contributed by atoms with Crippen molar-refractivity contribution in [1.29, 1.82) is 5.26 Å². The zero-order valence-corrected chi connectivity index (χ0v) is 10.3. The van der Waals surface area contributed by atoms with E-state index in [1.165, 1.54) is 13.2 Å². The van der Waals surface area contributed by atoms with Crippen molar-refractivity contribution >= 4 is 28.6 Å². The first kappa shape index (κ1) is 12.8. The molecule has 1 aromatic carbocycles. The van der Waals surface area contributed by atoms with E-state index in [0.717, 1.165) is 6.07 Å². The van der Waals surface area contributed by atoms with Gasteiger partial charge in [0.15, 0.2) is 0 Å². The second-order valence-corrected chi connectivity index (χ2v) is 3.99. The standard InChI is InChI=1S/C10H6F2INO2/c1-16-10(15)5-2-6(4-14)8(9(11)12)7(13)3-5/h2-3,9H,1H3. The molecule has 1 rings (SSSR count). The van der Waals surface area contributed by atoms with Crippen LogP contribution in [0.4, 0.5) is 8.78 Å². The van der Waals surface area contributed by atoms with Crippen LogP contribution in [0.5, 0.6) is 0 Å². The molecule has 0 aromatic heterocycles. The summed E-state index contributed by atoms with van der Waals surface area (Å²) < 4.78 is 29.9. The van der Waals surface area contributed by atoms with Gasteiger partial charge in [0.2, 0.25) is 0 Å². The molecule has 0 atom stereocenters. The zero-order valence-electron chi connectivity index (χ0n) is 8.13. The lowest BCUT2D eigenvalue weighted by Gasteiger charge is -2.08. The molecule has 0 amide bonds. The van der Waals surface area contributed by atoms with E-state index >= 15 is 0 Å². The molecule has 0 N–H and O–H groups in total. The highest BCUT2D eigenvalue weighted by Crippen LogP contribution is 2.29. The smallest absolute Gasteiger partial charge is 0.337 e. The number of carbonyl (C=O) groups excluding carboxylic acids is 1. The first-order valence-electron chi connectivity index (χ1n) is 4.11. The molecule has 0 aliphatic heterocycles. The maximum atomic E-state index is 12.6. The van der Waals surface area contributed by atoms with E-state index in [4.69, 9.17) is 5.26 Å². The largest absolute Gasteiger partial charge is 0.465 e. The van der Waals surface area contributed by atoms with Crippen LogP contribution >= 0.6 is 22.6 Å². The fraction of sp³-hybridized carbons (Fsp3) is 0.200. The molecule has 0 saturated heterocycles. The molecule has 0 fully saturated rings. The minimum Gasteiger partial charge on any atom is -0.465 e. The molecule has 0 radical (unpaired) electrons. The van der Waals surface area contributed by atoms with Crippen LogP contribution in [0.15, 0.2) is 12.1 Å². The summed E-state index contributed by atoms with van der Waals surface area (Å²) in [6.45, 7) is 0. The first-order valence-corrected chi connectivity index (χ1v) is 5.19. The SMILES string of the molecule is COC(=O)c1cc(I)c(C(F)F)c(C#N)c1. The number of alkyl halides is 2. The highest BCUT2D eigenvalue weighted by molar-refractivity contribution is 14.1. The highest BCUT2D eigenvalue weighted by Gasteiger charge is 2.20. The van der Waals surface area contributed by atoms with E-state index < -0.39 is 12.4 Å². The molecule has 16 heavy (non-hydrogen) atoms. The van der Waals surface area contributed by atoms with Gasteiger partial charge in [-0.15, -0.1) is 0 Å². The number of benzene rings is 1. The molecule has 3 nitrogen and oxygen atoms in total. The van der Waals surface area contributed by atoms with Gasteiger partial charge < -0.3 is 4.74 Å². The van der Waals surface area contributed by atoms with E-state index in [1.54, 1.807) is 28.7 Å². The van der Waals surface area contributed by atoms with Crippen molar-refractivity contribution in [2.24, 2.45) is 0 Å². The lowest BCUT2D eigenvalue weighted by Crippen LogP contribution is -2.05. The number of rotatable bonds is 2. The number of halogens is 3. The molecule has 1 aromatic rings. The molecule has 84 valence electrons. The van der Waals surface area contributed by atoms with Gasteiger partial charge in [0.25, 0.3) is 6.43 Å². The molecular formula is C10H6F2INO2. The van der Waals surface area contributed by atoms with Crippen LogP contribution in [0.1, 0.15) is 27.9 Å². The first-order chi connectivity index (χ1) is 7.51. The summed E-state index contributed by atoms with van der Waals surface area (Å²) in [4.78, 5) is 11.2. The number of hydrogen-bond acceptors (Lipinski definition) is 3. The molecule has 0 aliphatic rings. The van der Waals surface area contributed by atoms with Gasteiger partial charge >= 0.3 is 5.97 Å². The predicted molar refractivity (Wildman–Crippen MR) is 60.2 cm³/mol. The number of nitrogens with zero attached hydrogens (tertiary/aromatic N) is 1. The van der Waals surface area contributed by atoms with Crippen LogP contribution in [-0.2, 0) is 4.74 Å². The van der Waals surface area contributed by atoms with Gasteiger partial charge in [0, 0.05) is 9.13 Å². The monoisotopic (exact) mass is 337 g/mol. The van der Waals surface area contributed by atoms with Crippen molar-refractivity contribution in [2.45, 2.75) is 6.43 Å². The second-order valence-electron chi connectivity index (χ2n) is 2.82. The van der Waals surface area contributed by atoms with Gasteiger partial charge in [-0.05, 0) is 34.7 Å². The van der Waals surface area contributed by atoms with Crippen LogP contribution in [-0.4, -0.2) is 13.1 Å². The molecule has 0 bridgehead atoms. The molecule has 0 aliphatic carbocycles. The summed E-state index contributed by atoms with van der Waals surface area (Å²) in [5.74, 6) is -0.657. The Balaban J connectivity index is 3.39. The number of ether oxygens (including phenoxy) is 1. The number of hydrogen-bond donors (Lipinski definition) is 0. The predicted octanol–water partition coefficient (Wildman–Crippen LogP) is 2.89. The molecule has 0 unspecified atom stereocenters. The molecule has 0 saturated carbocycles. The second kappa shape index (κ2) is 5.21. The van der Waals surface area contributed by atoms with Gasteiger partial charge in [-0.25, -0.2) is 13.6 Å². The average Bonchev–Trinajstić information content (AvgIpc) is 2.26. The summed E-state index contributed by atoms with van der Waals surface area (Å²) in [5.41, 5.74) is -0.467. The van der Waals surface area contributed by atoms with Crippen molar-refractivity contribution < 1.29 is 18.3 Å². The Bertz CT molecular complexity index is 469. The van der Waals surface area contributed by atoms with E-state index in [-0.39, 0.29) is 20.3 Å². The molecule has 6 heteroatoms. The Morgan fingerprint density at radius 1 is 1.56 bits per heavy atom. The lowest BCUT2D eigenvalue weighted by atomic mass is 10.1. The number of carbonyl (C=O) groups is 1. The third-order valence-corrected chi connectivity index (χ3v) is 2.78. The Hall–Kier alpha value is -1.23. The number of nitriles is 1. The fourth-order valence-corrected chi connectivity index (χ4v) is 2.03. The molecular weight excluding hydrogens is 331 g/mol. The van der Waals surface area contributed by atoms with Crippen LogP contribution < -0.4 is 0 Å². The maximum Gasteiger partial charge on any atom is 0.337 e. The van der Waals surface area contributed by atoms with Crippen LogP contribution in [0.3, 0.4) is 0 Å². The van der Waals surface area contributed by atoms with Crippen LogP contribution in [0, 0.1) is 14.9 Å². The molecule has 0 spiro atoms. The minimum absolute atomic E-state index is 0.0906. The quantitative estimate of drug-likeness (QED) is 0.616. The Morgan fingerprint density at radius 2 is 2.19 bits per heavy atom. The summed E-state index contributed by atoms with van der Waals surface area (Å²) in [5, 5.41) is 8.73. The van der Waals surface area contributed by atoms with Crippen molar-refractivity contribution in [3.05, 3.63) is 32.4 Å². The Kier molecular flexibility index (Phi) is 4.18.